The summed E-state index contributed by atoms with van der Waals surface area (Å²) in [5.41, 5.74) is 4.29. The fourth-order valence-electron chi connectivity index (χ4n) is 4.98. The van der Waals surface area contributed by atoms with E-state index in [-0.39, 0.29) is 23.7 Å². The van der Waals surface area contributed by atoms with E-state index in [1.54, 1.807) is 21.3 Å². The van der Waals surface area contributed by atoms with Gasteiger partial charge in [0.2, 0.25) is 11.7 Å². The number of allylic oxidation sites excluding steroid dienone is 1. The van der Waals surface area contributed by atoms with Crippen LogP contribution < -0.4 is 19.5 Å². The van der Waals surface area contributed by atoms with Crippen LogP contribution >= 0.6 is 0 Å². The molecule has 30 heavy (non-hydrogen) atoms. The molecule has 6 heteroatoms. The number of methoxy groups -OCH3 is 3. The molecule has 0 aromatic heterocycles. The first-order chi connectivity index (χ1) is 14.5. The predicted octanol–water partition coefficient (Wildman–Crippen LogP) is 3.70. The van der Waals surface area contributed by atoms with E-state index < -0.39 is 0 Å². The summed E-state index contributed by atoms with van der Waals surface area (Å²) >= 11 is 0. The normalized spacial score (nSPS) is 25.5. The van der Waals surface area contributed by atoms with Crippen molar-refractivity contribution >= 4 is 17.3 Å². The molecule has 0 radical (unpaired) electrons. The molecular formula is C24H31NO5. The van der Waals surface area contributed by atoms with Gasteiger partial charge in [-0.15, -0.1) is 0 Å². The van der Waals surface area contributed by atoms with Gasteiger partial charge in [-0.25, -0.2) is 0 Å². The number of Topliss-reactive ketones (excluding diaryl/α,β-unsaturated/α-hetero) is 1. The zero-order valence-corrected chi connectivity index (χ0v) is 18.3. The Morgan fingerprint density at radius 1 is 1.07 bits per heavy atom. The Hall–Kier alpha value is -2.50. The third-order valence-corrected chi connectivity index (χ3v) is 6.76. The molecule has 1 aromatic carbocycles. The third-order valence-electron chi connectivity index (χ3n) is 6.76. The lowest BCUT2D eigenvalue weighted by Crippen LogP contribution is -2.38. The number of carbonyl (C=O) groups is 2. The number of nitrogens with one attached hydrogen (secondary N) is 1. The summed E-state index contributed by atoms with van der Waals surface area (Å²) in [7, 11) is 4.86. The van der Waals surface area contributed by atoms with Gasteiger partial charge >= 0.3 is 0 Å². The van der Waals surface area contributed by atoms with E-state index in [1.807, 2.05) is 6.07 Å². The number of benzene rings is 1. The van der Waals surface area contributed by atoms with Crippen LogP contribution in [0.1, 0.15) is 56.6 Å². The van der Waals surface area contributed by atoms with Crippen molar-refractivity contribution in [3.63, 3.8) is 0 Å². The predicted molar refractivity (Wildman–Crippen MR) is 114 cm³/mol. The fourth-order valence-corrected chi connectivity index (χ4v) is 4.98. The molecule has 4 rings (SSSR count). The molecule has 3 atom stereocenters. The summed E-state index contributed by atoms with van der Waals surface area (Å²) in [5, 5.41) is 3.28. The quantitative estimate of drug-likeness (QED) is 0.797. The molecule has 0 bridgehead atoms. The Balaban J connectivity index is 1.84. The van der Waals surface area contributed by atoms with E-state index in [0.717, 1.165) is 54.4 Å². The first kappa shape index (κ1) is 20.8. The molecule has 3 aliphatic carbocycles. The van der Waals surface area contributed by atoms with Crippen LogP contribution in [0.2, 0.25) is 0 Å². The van der Waals surface area contributed by atoms with Gasteiger partial charge in [0, 0.05) is 24.3 Å². The smallest absolute Gasteiger partial charge is 0.223 e. The van der Waals surface area contributed by atoms with E-state index in [2.05, 4.69) is 12.2 Å². The number of fused-ring (bicyclic) bond motifs is 2. The molecule has 1 saturated carbocycles. The summed E-state index contributed by atoms with van der Waals surface area (Å²) in [4.78, 5) is 25.3. The Labute approximate surface area is 178 Å². The van der Waals surface area contributed by atoms with Crippen LogP contribution in [-0.4, -0.2) is 39.1 Å². The fraction of sp³-hybridized carbons (Fsp3) is 0.583. The zero-order valence-electron chi connectivity index (χ0n) is 18.3. The van der Waals surface area contributed by atoms with Gasteiger partial charge in [0.1, 0.15) is 5.78 Å². The molecule has 2 unspecified atom stereocenters. The summed E-state index contributed by atoms with van der Waals surface area (Å²) in [6.07, 6.45) is 5.01. The van der Waals surface area contributed by atoms with Crippen molar-refractivity contribution in [2.75, 3.05) is 21.3 Å². The number of amides is 1. The van der Waals surface area contributed by atoms with Crippen LogP contribution in [0.15, 0.2) is 11.6 Å². The van der Waals surface area contributed by atoms with Crippen molar-refractivity contribution in [2.24, 2.45) is 11.8 Å². The van der Waals surface area contributed by atoms with Crippen LogP contribution in [0, 0.1) is 11.8 Å². The van der Waals surface area contributed by atoms with Gasteiger partial charge in [-0.3, -0.25) is 9.59 Å². The van der Waals surface area contributed by atoms with E-state index in [9.17, 15) is 9.59 Å². The van der Waals surface area contributed by atoms with Gasteiger partial charge in [-0.1, -0.05) is 6.92 Å². The minimum Gasteiger partial charge on any atom is -0.493 e. The Morgan fingerprint density at radius 2 is 1.80 bits per heavy atom. The highest BCUT2D eigenvalue weighted by atomic mass is 16.5. The second-order valence-electron chi connectivity index (χ2n) is 8.67. The van der Waals surface area contributed by atoms with E-state index in [0.29, 0.717) is 36.0 Å². The maximum atomic E-state index is 12.8. The van der Waals surface area contributed by atoms with Crippen molar-refractivity contribution in [3.05, 3.63) is 22.8 Å². The first-order valence-electron chi connectivity index (χ1n) is 10.8. The Bertz CT molecular complexity index is 903. The van der Waals surface area contributed by atoms with Crippen molar-refractivity contribution in [2.45, 2.75) is 57.9 Å². The number of hydrogen-bond acceptors (Lipinski definition) is 5. The number of aryl methyl sites for hydroxylation is 1. The third kappa shape index (κ3) is 3.68. The van der Waals surface area contributed by atoms with E-state index in [4.69, 9.17) is 14.2 Å². The highest BCUT2D eigenvalue weighted by molar-refractivity contribution is 5.90. The van der Waals surface area contributed by atoms with Gasteiger partial charge in [0.05, 0.1) is 27.4 Å². The molecule has 1 amide bonds. The molecule has 0 heterocycles. The lowest BCUT2D eigenvalue weighted by atomic mass is 9.90. The van der Waals surface area contributed by atoms with Gasteiger partial charge in [-0.05, 0) is 60.8 Å². The first-order valence-corrected chi connectivity index (χ1v) is 10.8. The average Bonchev–Trinajstić information content (AvgIpc) is 3.52. The van der Waals surface area contributed by atoms with Crippen molar-refractivity contribution in [3.8, 4) is 17.2 Å². The molecule has 162 valence electrons. The largest absolute Gasteiger partial charge is 0.493 e. The molecule has 1 aromatic rings. The van der Waals surface area contributed by atoms with Crippen molar-refractivity contribution in [1.82, 2.24) is 5.32 Å². The SMILES string of the molecule is COc1cc2c(c(OC)c1OC)C1=C(CC(=O)CCC1)[C@@H](NC(=O)C1CC1C)CC2. The van der Waals surface area contributed by atoms with Crippen LogP contribution in [0.3, 0.4) is 0 Å². The average molecular weight is 414 g/mol. The standard InChI is InChI=1S/C24H31NO5/c1-13-10-17(13)24(27)25-19-9-8-14-11-20(28-2)22(29-3)23(30-4)21(14)16-7-5-6-15(26)12-18(16)19/h11,13,17,19H,5-10,12H2,1-4H3,(H,25,27)/t13?,17?,19-/m0/s1. The molecule has 0 saturated heterocycles. The van der Waals surface area contributed by atoms with Crippen LogP contribution in [0.5, 0.6) is 17.2 Å². The maximum Gasteiger partial charge on any atom is 0.223 e. The number of ether oxygens (including phenoxy) is 3. The van der Waals surface area contributed by atoms with Gasteiger partial charge in [0.15, 0.2) is 11.5 Å². The van der Waals surface area contributed by atoms with Crippen molar-refractivity contribution < 1.29 is 23.8 Å². The summed E-state index contributed by atoms with van der Waals surface area (Å²) < 4.78 is 17.0. The molecule has 1 fully saturated rings. The topological polar surface area (TPSA) is 73.9 Å². The minimum atomic E-state index is -0.128. The highest BCUT2D eigenvalue weighted by Gasteiger charge is 2.41. The zero-order chi connectivity index (χ0) is 21.4. The van der Waals surface area contributed by atoms with Crippen molar-refractivity contribution in [1.29, 1.82) is 0 Å². The summed E-state index contributed by atoms with van der Waals surface area (Å²) in [6, 6.07) is 1.89. The van der Waals surface area contributed by atoms with Gasteiger partial charge < -0.3 is 19.5 Å². The summed E-state index contributed by atoms with van der Waals surface area (Å²) in [6.45, 7) is 2.11. The lowest BCUT2D eigenvalue weighted by molar-refractivity contribution is -0.123. The highest BCUT2D eigenvalue weighted by Crippen LogP contribution is 2.49. The number of hydrogen-bond donors (Lipinski definition) is 1. The molecule has 6 nitrogen and oxygen atoms in total. The van der Waals surface area contributed by atoms with E-state index in [1.165, 1.54) is 0 Å². The molecule has 0 spiro atoms. The van der Waals surface area contributed by atoms with Crippen LogP contribution in [0.4, 0.5) is 0 Å². The second kappa shape index (κ2) is 8.32. The molecule has 0 aliphatic heterocycles. The number of rotatable bonds is 5. The molecular weight excluding hydrogens is 382 g/mol. The number of ketones is 1. The Morgan fingerprint density at radius 3 is 2.43 bits per heavy atom. The number of carbonyl (C=O) groups excluding carboxylic acids is 2. The van der Waals surface area contributed by atoms with Gasteiger partial charge in [0.25, 0.3) is 0 Å². The van der Waals surface area contributed by atoms with E-state index >= 15 is 0 Å². The second-order valence-corrected chi connectivity index (χ2v) is 8.67. The van der Waals surface area contributed by atoms with Crippen LogP contribution in [0.25, 0.3) is 5.57 Å². The van der Waals surface area contributed by atoms with Gasteiger partial charge in [-0.2, -0.15) is 0 Å². The lowest BCUT2D eigenvalue weighted by Gasteiger charge is -2.23. The molecule has 3 aliphatic rings. The maximum absolute atomic E-state index is 12.8. The monoisotopic (exact) mass is 413 g/mol. The summed E-state index contributed by atoms with van der Waals surface area (Å²) in [5.74, 6) is 2.76. The van der Waals surface area contributed by atoms with Crippen LogP contribution in [-0.2, 0) is 16.0 Å². The minimum absolute atomic E-state index is 0.107. The Kier molecular flexibility index (Phi) is 5.76. The molecule has 1 N–H and O–H groups in total.